The molecule has 0 saturated heterocycles. The van der Waals surface area contributed by atoms with Crippen molar-refractivity contribution in [3.63, 3.8) is 0 Å². The fourth-order valence-corrected chi connectivity index (χ4v) is 2.29. The number of benzene rings is 2. The summed E-state index contributed by atoms with van der Waals surface area (Å²) >= 11 is 6.06. The molecule has 6 heteroatoms. The zero-order valence-electron chi connectivity index (χ0n) is 13.0. The van der Waals surface area contributed by atoms with E-state index in [1.54, 1.807) is 36.4 Å². The first-order chi connectivity index (χ1) is 11.5. The molecule has 2 aromatic carbocycles. The van der Waals surface area contributed by atoms with Crippen molar-refractivity contribution in [2.75, 3.05) is 18.1 Å². The van der Waals surface area contributed by atoms with Gasteiger partial charge in [0.25, 0.3) is 5.91 Å². The summed E-state index contributed by atoms with van der Waals surface area (Å²) in [4.78, 5) is 25.0. The summed E-state index contributed by atoms with van der Waals surface area (Å²) in [5.41, 5.74) is 1.08. The number of ether oxygens (including phenoxy) is 1. The van der Waals surface area contributed by atoms with Gasteiger partial charge in [0.2, 0.25) is 0 Å². The van der Waals surface area contributed by atoms with Gasteiger partial charge in [-0.05, 0) is 37.3 Å². The fraction of sp³-hybridized carbons (Fsp3) is 0.167. The van der Waals surface area contributed by atoms with Crippen LogP contribution in [0.2, 0.25) is 5.02 Å². The van der Waals surface area contributed by atoms with Crippen LogP contribution in [0.25, 0.3) is 0 Å². The lowest BCUT2D eigenvalue weighted by Gasteiger charge is -2.20. The molecule has 0 bridgehead atoms. The van der Waals surface area contributed by atoms with Crippen LogP contribution in [0.1, 0.15) is 17.3 Å². The molecule has 0 aliphatic carbocycles. The number of rotatable bonds is 6. The molecule has 1 amide bonds. The molecule has 122 valence electrons. The van der Waals surface area contributed by atoms with E-state index in [2.05, 4.69) is 0 Å². The van der Waals surface area contributed by atoms with Crippen molar-refractivity contribution in [1.82, 2.24) is 0 Å². The average Bonchev–Trinajstić information content (AvgIpc) is 2.59. The smallest absolute Gasteiger partial charge is 0.265 e. The van der Waals surface area contributed by atoms with Crippen LogP contribution in [0.3, 0.4) is 0 Å². The topological polar surface area (TPSA) is 70.4 Å². The maximum absolute atomic E-state index is 12.3. The molecule has 24 heavy (non-hydrogen) atoms. The molecule has 0 aromatic heterocycles. The second-order valence-electron chi connectivity index (χ2n) is 4.96. The van der Waals surface area contributed by atoms with Gasteiger partial charge in [0.15, 0.2) is 12.4 Å². The Morgan fingerprint density at radius 2 is 1.92 bits per heavy atom. The summed E-state index contributed by atoms with van der Waals surface area (Å²) in [6.45, 7) is 1.09. The molecule has 5 nitrogen and oxygen atoms in total. The van der Waals surface area contributed by atoms with Crippen LogP contribution < -0.4 is 9.64 Å². The van der Waals surface area contributed by atoms with Gasteiger partial charge in [-0.15, -0.1) is 0 Å². The quantitative estimate of drug-likeness (QED) is 0.595. The van der Waals surface area contributed by atoms with Crippen LogP contribution in [0.4, 0.5) is 5.69 Å². The first kappa shape index (κ1) is 17.5. The number of Topliss-reactive ketones (excluding diaryl/α,β-unsaturated/α-hetero) is 1. The van der Waals surface area contributed by atoms with Crippen molar-refractivity contribution in [2.45, 2.75) is 6.92 Å². The van der Waals surface area contributed by atoms with Crippen LogP contribution >= 0.6 is 11.6 Å². The van der Waals surface area contributed by atoms with Gasteiger partial charge in [-0.1, -0.05) is 29.8 Å². The molecule has 2 aromatic rings. The van der Waals surface area contributed by atoms with Gasteiger partial charge < -0.3 is 4.74 Å². The van der Waals surface area contributed by atoms with Crippen LogP contribution in [0.15, 0.2) is 48.5 Å². The van der Waals surface area contributed by atoms with Gasteiger partial charge in [-0.2, -0.15) is 5.26 Å². The minimum absolute atomic E-state index is 0.0801. The zero-order chi connectivity index (χ0) is 17.5. The molecule has 2 rings (SSSR count). The van der Waals surface area contributed by atoms with E-state index in [1.165, 1.54) is 17.9 Å². The monoisotopic (exact) mass is 342 g/mol. The highest BCUT2D eigenvalue weighted by molar-refractivity contribution is 6.32. The lowest BCUT2D eigenvalue weighted by atomic mass is 10.1. The van der Waals surface area contributed by atoms with Gasteiger partial charge in [-0.3, -0.25) is 14.5 Å². The molecular weight excluding hydrogens is 328 g/mol. The Bertz CT molecular complexity index is 785. The standard InChI is InChI=1S/C18H15ClN2O3/c1-13(22)14-7-8-17(16(19)11-14)24-12-18(23)21(10-9-20)15-5-3-2-4-6-15/h2-8,11H,10,12H2,1H3. The molecule has 0 fully saturated rings. The summed E-state index contributed by atoms with van der Waals surface area (Å²) in [5.74, 6) is -0.168. The van der Waals surface area contributed by atoms with Crippen LogP contribution in [-0.4, -0.2) is 24.8 Å². The zero-order valence-corrected chi connectivity index (χ0v) is 13.8. The third-order valence-electron chi connectivity index (χ3n) is 3.29. The maximum atomic E-state index is 12.3. The third kappa shape index (κ3) is 4.34. The van der Waals surface area contributed by atoms with E-state index in [9.17, 15) is 9.59 Å². The highest BCUT2D eigenvalue weighted by atomic mass is 35.5. The van der Waals surface area contributed by atoms with E-state index in [0.717, 1.165) is 0 Å². The highest BCUT2D eigenvalue weighted by Crippen LogP contribution is 2.26. The molecule has 0 spiro atoms. The SMILES string of the molecule is CC(=O)c1ccc(OCC(=O)N(CC#N)c2ccccc2)c(Cl)c1. The number of halogens is 1. The minimum atomic E-state index is -0.366. The first-order valence-electron chi connectivity index (χ1n) is 7.18. The molecule has 0 aliphatic rings. The van der Waals surface area contributed by atoms with Gasteiger partial charge in [-0.25, -0.2) is 0 Å². The molecule has 0 N–H and O–H groups in total. The van der Waals surface area contributed by atoms with E-state index in [-0.39, 0.29) is 29.9 Å². The number of nitriles is 1. The molecule has 0 atom stereocenters. The van der Waals surface area contributed by atoms with Crippen molar-refractivity contribution >= 4 is 29.0 Å². The number of carbonyl (C=O) groups is 2. The Morgan fingerprint density at radius 1 is 1.21 bits per heavy atom. The van der Waals surface area contributed by atoms with Crippen molar-refractivity contribution in [2.24, 2.45) is 0 Å². The summed E-state index contributed by atoms with van der Waals surface area (Å²) in [7, 11) is 0. The van der Waals surface area contributed by atoms with E-state index in [0.29, 0.717) is 17.0 Å². The Labute approximate surface area is 145 Å². The first-order valence-corrected chi connectivity index (χ1v) is 7.56. The second-order valence-corrected chi connectivity index (χ2v) is 5.37. The van der Waals surface area contributed by atoms with Crippen LogP contribution in [-0.2, 0) is 4.79 Å². The van der Waals surface area contributed by atoms with Gasteiger partial charge in [0, 0.05) is 11.3 Å². The van der Waals surface area contributed by atoms with Crippen molar-refractivity contribution in [3.05, 3.63) is 59.1 Å². The number of para-hydroxylation sites is 1. The number of hydrogen-bond acceptors (Lipinski definition) is 4. The van der Waals surface area contributed by atoms with Gasteiger partial charge in [0.1, 0.15) is 12.3 Å². The van der Waals surface area contributed by atoms with Crippen LogP contribution in [0.5, 0.6) is 5.75 Å². The third-order valence-corrected chi connectivity index (χ3v) is 3.58. The number of carbonyl (C=O) groups excluding carboxylic acids is 2. The molecule has 0 aliphatic heterocycles. The minimum Gasteiger partial charge on any atom is -0.482 e. The van der Waals surface area contributed by atoms with Crippen molar-refractivity contribution in [3.8, 4) is 11.8 Å². The average molecular weight is 343 g/mol. The van der Waals surface area contributed by atoms with E-state index >= 15 is 0 Å². The van der Waals surface area contributed by atoms with E-state index < -0.39 is 0 Å². The summed E-state index contributed by atoms with van der Waals surface area (Å²) < 4.78 is 5.44. The number of nitrogens with zero attached hydrogens (tertiary/aromatic N) is 2. The predicted molar refractivity (Wildman–Crippen MR) is 91.4 cm³/mol. The highest BCUT2D eigenvalue weighted by Gasteiger charge is 2.16. The number of amides is 1. The Morgan fingerprint density at radius 3 is 2.50 bits per heavy atom. The summed E-state index contributed by atoms with van der Waals surface area (Å²) in [5, 5.41) is 9.17. The normalized spacial score (nSPS) is 9.88. The summed E-state index contributed by atoms with van der Waals surface area (Å²) in [6.07, 6.45) is 0. The van der Waals surface area contributed by atoms with E-state index in [1.807, 2.05) is 12.1 Å². The van der Waals surface area contributed by atoms with Crippen molar-refractivity contribution in [1.29, 1.82) is 5.26 Å². The number of hydrogen-bond donors (Lipinski definition) is 0. The second kappa shape index (κ2) is 8.14. The Kier molecular flexibility index (Phi) is 5.94. The van der Waals surface area contributed by atoms with Crippen molar-refractivity contribution < 1.29 is 14.3 Å². The molecule has 0 unspecified atom stereocenters. The predicted octanol–water partition coefficient (Wildman–Crippen LogP) is 3.48. The van der Waals surface area contributed by atoms with Crippen LogP contribution in [0, 0.1) is 11.3 Å². The lowest BCUT2D eigenvalue weighted by Crippen LogP contribution is -2.35. The Hall–Kier alpha value is -2.84. The largest absolute Gasteiger partial charge is 0.482 e. The van der Waals surface area contributed by atoms with Gasteiger partial charge in [0.05, 0.1) is 11.1 Å². The number of ketones is 1. The summed E-state index contributed by atoms with van der Waals surface area (Å²) in [6, 6.07) is 15.5. The van der Waals surface area contributed by atoms with Gasteiger partial charge >= 0.3 is 0 Å². The fourth-order valence-electron chi connectivity index (χ4n) is 2.06. The molecular formula is C18H15ClN2O3. The Balaban J connectivity index is 2.09. The molecule has 0 heterocycles. The lowest BCUT2D eigenvalue weighted by molar-refractivity contribution is -0.120. The maximum Gasteiger partial charge on any atom is 0.265 e. The number of anilines is 1. The van der Waals surface area contributed by atoms with E-state index in [4.69, 9.17) is 21.6 Å². The molecule has 0 saturated carbocycles. The molecule has 0 radical (unpaired) electrons.